The summed E-state index contributed by atoms with van der Waals surface area (Å²) < 4.78 is 1.30. The number of piperazine rings is 1. The highest BCUT2D eigenvalue weighted by Crippen LogP contribution is 2.22. The van der Waals surface area contributed by atoms with Gasteiger partial charge in [0, 0.05) is 34.4 Å². The molecular formula is C13H19IN2. The first-order valence-electron chi connectivity index (χ1n) is 5.88. The van der Waals surface area contributed by atoms with E-state index in [1.54, 1.807) is 0 Å². The molecule has 1 saturated heterocycles. The van der Waals surface area contributed by atoms with E-state index in [4.69, 9.17) is 0 Å². The summed E-state index contributed by atoms with van der Waals surface area (Å²) in [5, 5.41) is 3.61. The Labute approximate surface area is 112 Å². The number of hydrogen-bond donors (Lipinski definition) is 1. The molecule has 1 heterocycles. The van der Waals surface area contributed by atoms with E-state index in [1.165, 1.54) is 15.7 Å². The molecule has 0 aromatic heterocycles. The van der Waals surface area contributed by atoms with Crippen LogP contribution in [0.15, 0.2) is 24.3 Å². The Morgan fingerprint density at radius 2 is 2.06 bits per heavy atom. The van der Waals surface area contributed by atoms with E-state index in [9.17, 15) is 0 Å². The van der Waals surface area contributed by atoms with Gasteiger partial charge in [0.2, 0.25) is 0 Å². The summed E-state index contributed by atoms with van der Waals surface area (Å²) in [4.78, 5) is 2.48. The van der Waals surface area contributed by atoms with E-state index in [1.807, 2.05) is 0 Å². The topological polar surface area (TPSA) is 15.3 Å². The average molecular weight is 330 g/mol. The van der Waals surface area contributed by atoms with Crippen LogP contribution >= 0.6 is 22.6 Å². The lowest BCUT2D eigenvalue weighted by Crippen LogP contribution is -2.58. The van der Waals surface area contributed by atoms with Crippen molar-refractivity contribution >= 4 is 28.3 Å². The van der Waals surface area contributed by atoms with Gasteiger partial charge >= 0.3 is 0 Å². The highest BCUT2D eigenvalue weighted by molar-refractivity contribution is 14.1. The Hall–Kier alpha value is -0.290. The predicted octanol–water partition coefficient (Wildman–Crippen LogP) is 2.87. The number of nitrogens with one attached hydrogen (secondary N) is 1. The van der Waals surface area contributed by atoms with Gasteiger partial charge in [-0.2, -0.15) is 0 Å². The Balaban J connectivity index is 2.12. The minimum Gasteiger partial charge on any atom is -0.368 e. The molecule has 2 rings (SSSR count). The van der Waals surface area contributed by atoms with Crippen LogP contribution in [-0.2, 0) is 0 Å². The molecule has 88 valence electrons. The lowest BCUT2D eigenvalue weighted by molar-refractivity contribution is 0.314. The Morgan fingerprint density at radius 1 is 1.38 bits per heavy atom. The van der Waals surface area contributed by atoms with E-state index < -0.39 is 0 Å². The van der Waals surface area contributed by atoms with Crippen molar-refractivity contribution in [3.05, 3.63) is 27.8 Å². The van der Waals surface area contributed by atoms with Gasteiger partial charge in [0.15, 0.2) is 0 Å². The maximum Gasteiger partial charge on any atom is 0.0368 e. The van der Waals surface area contributed by atoms with E-state index in [2.05, 4.69) is 70.9 Å². The van der Waals surface area contributed by atoms with Crippen LogP contribution in [0.3, 0.4) is 0 Å². The summed E-state index contributed by atoms with van der Waals surface area (Å²) in [6.07, 6.45) is 1.17. The van der Waals surface area contributed by atoms with Crippen LogP contribution in [0.1, 0.15) is 20.3 Å². The fourth-order valence-electron chi connectivity index (χ4n) is 2.16. The second-order valence-corrected chi connectivity index (χ2v) is 5.98. The molecule has 1 N–H and O–H groups in total. The van der Waals surface area contributed by atoms with E-state index in [0.717, 1.165) is 19.6 Å². The Morgan fingerprint density at radius 3 is 2.69 bits per heavy atom. The van der Waals surface area contributed by atoms with Gasteiger partial charge in [-0.25, -0.2) is 0 Å². The first-order valence-corrected chi connectivity index (χ1v) is 6.96. The van der Waals surface area contributed by atoms with Gasteiger partial charge in [-0.3, -0.25) is 0 Å². The van der Waals surface area contributed by atoms with Gasteiger partial charge in [0.25, 0.3) is 0 Å². The van der Waals surface area contributed by atoms with Crippen molar-refractivity contribution < 1.29 is 0 Å². The largest absolute Gasteiger partial charge is 0.368 e. The molecule has 1 aliphatic heterocycles. The third kappa shape index (κ3) is 2.69. The van der Waals surface area contributed by atoms with E-state index >= 15 is 0 Å². The second kappa shape index (κ2) is 4.92. The molecule has 3 heteroatoms. The maximum absolute atomic E-state index is 3.61. The first kappa shape index (κ1) is 12.2. The summed E-state index contributed by atoms with van der Waals surface area (Å²) in [5.74, 6) is 0. The van der Waals surface area contributed by atoms with Crippen LogP contribution in [-0.4, -0.2) is 25.2 Å². The van der Waals surface area contributed by atoms with Crippen molar-refractivity contribution in [3.63, 3.8) is 0 Å². The lowest BCUT2D eigenvalue weighted by Gasteiger charge is -2.42. The zero-order chi connectivity index (χ0) is 11.6. The van der Waals surface area contributed by atoms with Crippen LogP contribution in [0, 0.1) is 3.57 Å². The molecule has 0 amide bonds. The molecule has 0 spiro atoms. The SMILES string of the molecule is CCC1(C)CN(c2ccc(I)cc2)CCN1. The molecule has 0 bridgehead atoms. The fourth-order valence-corrected chi connectivity index (χ4v) is 2.52. The van der Waals surface area contributed by atoms with Crippen LogP contribution in [0.25, 0.3) is 0 Å². The van der Waals surface area contributed by atoms with Crippen molar-refractivity contribution in [2.45, 2.75) is 25.8 Å². The molecule has 2 nitrogen and oxygen atoms in total. The minimum absolute atomic E-state index is 0.265. The fraction of sp³-hybridized carbons (Fsp3) is 0.538. The van der Waals surface area contributed by atoms with Crippen molar-refractivity contribution in [2.75, 3.05) is 24.5 Å². The number of anilines is 1. The number of halogens is 1. The molecule has 1 aliphatic rings. The second-order valence-electron chi connectivity index (χ2n) is 4.74. The molecule has 1 fully saturated rings. The van der Waals surface area contributed by atoms with Gasteiger partial charge in [-0.15, -0.1) is 0 Å². The molecular weight excluding hydrogens is 311 g/mol. The number of hydrogen-bond acceptors (Lipinski definition) is 2. The van der Waals surface area contributed by atoms with E-state index in [-0.39, 0.29) is 5.54 Å². The third-order valence-corrected chi connectivity index (χ3v) is 4.16. The first-order chi connectivity index (χ1) is 7.63. The molecule has 0 aliphatic carbocycles. The molecule has 0 radical (unpaired) electrons. The zero-order valence-electron chi connectivity index (χ0n) is 9.96. The Kier molecular flexibility index (Phi) is 3.74. The smallest absolute Gasteiger partial charge is 0.0368 e. The number of nitrogens with zero attached hydrogens (tertiary/aromatic N) is 1. The van der Waals surface area contributed by atoms with Crippen molar-refractivity contribution in [3.8, 4) is 0 Å². The van der Waals surface area contributed by atoms with E-state index in [0.29, 0.717) is 0 Å². The Bertz CT molecular complexity index is 349. The van der Waals surface area contributed by atoms with Crippen LogP contribution < -0.4 is 10.2 Å². The van der Waals surface area contributed by atoms with Crippen LogP contribution in [0.2, 0.25) is 0 Å². The molecule has 1 aromatic rings. The average Bonchev–Trinajstić information content (AvgIpc) is 2.30. The van der Waals surface area contributed by atoms with Crippen molar-refractivity contribution in [1.29, 1.82) is 0 Å². The normalized spacial score (nSPS) is 25.8. The van der Waals surface area contributed by atoms with Crippen LogP contribution in [0.4, 0.5) is 5.69 Å². The quantitative estimate of drug-likeness (QED) is 0.839. The van der Waals surface area contributed by atoms with Gasteiger partial charge in [0.1, 0.15) is 0 Å². The summed E-state index contributed by atoms with van der Waals surface area (Å²) in [6.45, 7) is 7.85. The number of benzene rings is 1. The lowest BCUT2D eigenvalue weighted by atomic mass is 9.95. The highest BCUT2D eigenvalue weighted by Gasteiger charge is 2.28. The molecule has 16 heavy (non-hydrogen) atoms. The molecule has 1 atom stereocenters. The monoisotopic (exact) mass is 330 g/mol. The predicted molar refractivity (Wildman–Crippen MR) is 78.1 cm³/mol. The summed E-state index contributed by atoms with van der Waals surface area (Å²) in [6, 6.07) is 8.81. The summed E-state index contributed by atoms with van der Waals surface area (Å²) in [5.41, 5.74) is 1.61. The maximum atomic E-state index is 3.61. The zero-order valence-corrected chi connectivity index (χ0v) is 12.1. The van der Waals surface area contributed by atoms with Gasteiger partial charge in [0.05, 0.1) is 0 Å². The van der Waals surface area contributed by atoms with Crippen LogP contribution in [0.5, 0.6) is 0 Å². The summed E-state index contributed by atoms with van der Waals surface area (Å²) in [7, 11) is 0. The third-order valence-electron chi connectivity index (χ3n) is 3.45. The standard InChI is InChI=1S/C13H19IN2/c1-3-13(2)10-16(9-8-15-13)12-6-4-11(14)5-7-12/h4-7,15H,3,8-10H2,1-2H3. The molecule has 1 unspecified atom stereocenters. The van der Waals surface area contributed by atoms with Gasteiger partial charge < -0.3 is 10.2 Å². The van der Waals surface area contributed by atoms with Crippen molar-refractivity contribution in [1.82, 2.24) is 5.32 Å². The van der Waals surface area contributed by atoms with Gasteiger partial charge in [-0.1, -0.05) is 6.92 Å². The number of rotatable bonds is 2. The minimum atomic E-state index is 0.265. The van der Waals surface area contributed by atoms with Crippen molar-refractivity contribution in [2.24, 2.45) is 0 Å². The van der Waals surface area contributed by atoms with Gasteiger partial charge in [-0.05, 0) is 60.2 Å². The summed E-state index contributed by atoms with van der Waals surface area (Å²) >= 11 is 2.35. The molecule has 0 saturated carbocycles. The molecule has 1 aromatic carbocycles. The highest BCUT2D eigenvalue weighted by atomic mass is 127.